The van der Waals surface area contributed by atoms with Crippen LogP contribution in [0.5, 0.6) is 0 Å². The summed E-state index contributed by atoms with van der Waals surface area (Å²) in [7, 11) is 0. The van der Waals surface area contributed by atoms with E-state index in [1.165, 1.54) is 6.42 Å². The number of furan rings is 1. The van der Waals surface area contributed by atoms with Crippen LogP contribution in [0, 0.1) is 0 Å². The summed E-state index contributed by atoms with van der Waals surface area (Å²) in [6.07, 6.45) is 5.50. The molecule has 5 nitrogen and oxygen atoms in total. The van der Waals surface area contributed by atoms with Gasteiger partial charge in [-0.05, 0) is 31.4 Å². The Morgan fingerprint density at radius 3 is 2.94 bits per heavy atom. The third-order valence-corrected chi connectivity index (χ3v) is 3.06. The van der Waals surface area contributed by atoms with Crippen molar-refractivity contribution in [2.24, 2.45) is 5.73 Å². The van der Waals surface area contributed by atoms with Crippen molar-refractivity contribution in [1.29, 1.82) is 0 Å². The highest BCUT2D eigenvalue weighted by Gasteiger charge is 2.34. The molecule has 1 fully saturated rings. The van der Waals surface area contributed by atoms with Crippen LogP contribution in [0.25, 0.3) is 11.6 Å². The third-order valence-electron chi connectivity index (χ3n) is 3.06. The second-order valence-corrected chi connectivity index (χ2v) is 4.38. The minimum atomic E-state index is -0.132. The van der Waals surface area contributed by atoms with Crippen molar-refractivity contribution >= 4 is 0 Å². The summed E-state index contributed by atoms with van der Waals surface area (Å²) in [6, 6.07) is 3.60. The summed E-state index contributed by atoms with van der Waals surface area (Å²) < 4.78 is 10.3. The molecular weight excluding hydrogens is 206 g/mol. The quantitative estimate of drug-likeness (QED) is 0.850. The molecular formula is C11H13N3O2. The zero-order valence-corrected chi connectivity index (χ0v) is 8.85. The Kier molecular flexibility index (Phi) is 2.07. The average Bonchev–Trinajstić information content (AvgIpc) is 2.83. The van der Waals surface area contributed by atoms with E-state index in [1.807, 2.05) is 0 Å². The van der Waals surface area contributed by atoms with E-state index in [1.54, 1.807) is 18.4 Å². The van der Waals surface area contributed by atoms with Crippen LogP contribution in [-0.4, -0.2) is 15.7 Å². The number of nitrogens with zero attached hydrogens (tertiary/aromatic N) is 2. The summed E-state index contributed by atoms with van der Waals surface area (Å²) in [5.41, 5.74) is 5.98. The second-order valence-electron chi connectivity index (χ2n) is 4.38. The van der Waals surface area contributed by atoms with E-state index in [0.717, 1.165) is 12.8 Å². The Morgan fingerprint density at radius 2 is 2.31 bits per heavy atom. The lowest BCUT2D eigenvalue weighted by Gasteiger charge is -2.36. The molecule has 2 aromatic rings. The molecule has 0 saturated heterocycles. The SMILES string of the molecule is NC1(Cc2nc(-c3ccco3)no2)CCC1. The summed E-state index contributed by atoms with van der Waals surface area (Å²) in [5.74, 6) is 1.70. The van der Waals surface area contributed by atoms with Gasteiger partial charge in [0.25, 0.3) is 0 Å². The Morgan fingerprint density at radius 1 is 1.44 bits per heavy atom. The van der Waals surface area contributed by atoms with Crippen LogP contribution in [0.3, 0.4) is 0 Å². The van der Waals surface area contributed by atoms with Crippen molar-refractivity contribution in [3.8, 4) is 11.6 Å². The molecule has 0 radical (unpaired) electrons. The smallest absolute Gasteiger partial charge is 0.238 e. The van der Waals surface area contributed by atoms with Gasteiger partial charge in [-0.1, -0.05) is 5.16 Å². The second kappa shape index (κ2) is 3.45. The molecule has 2 heterocycles. The molecule has 0 bridgehead atoms. The Labute approximate surface area is 92.6 Å². The maximum Gasteiger partial charge on any atom is 0.238 e. The van der Waals surface area contributed by atoms with Gasteiger partial charge in [-0.15, -0.1) is 0 Å². The van der Waals surface area contributed by atoms with E-state index in [-0.39, 0.29) is 5.54 Å². The number of hydrogen-bond acceptors (Lipinski definition) is 5. The molecule has 0 unspecified atom stereocenters. The molecule has 1 aliphatic carbocycles. The fourth-order valence-electron chi connectivity index (χ4n) is 1.94. The van der Waals surface area contributed by atoms with Crippen LogP contribution in [0.15, 0.2) is 27.3 Å². The molecule has 2 aromatic heterocycles. The van der Waals surface area contributed by atoms with Gasteiger partial charge in [0.2, 0.25) is 11.7 Å². The first-order valence-electron chi connectivity index (χ1n) is 5.41. The van der Waals surface area contributed by atoms with Crippen LogP contribution in [0.1, 0.15) is 25.2 Å². The summed E-state index contributed by atoms with van der Waals surface area (Å²) in [6.45, 7) is 0. The van der Waals surface area contributed by atoms with Gasteiger partial charge in [0.05, 0.1) is 6.26 Å². The molecule has 16 heavy (non-hydrogen) atoms. The summed E-state index contributed by atoms with van der Waals surface area (Å²) in [4.78, 5) is 4.27. The number of hydrogen-bond donors (Lipinski definition) is 1. The fraction of sp³-hybridized carbons (Fsp3) is 0.455. The van der Waals surface area contributed by atoms with Gasteiger partial charge in [-0.2, -0.15) is 4.98 Å². The highest BCUT2D eigenvalue weighted by Crippen LogP contribution is 2.32. The number of nitrogens with two attached hydrogens (primary N) is 1. The van der Waals surface area contributed by atoms with Gasteiger partial charge in [-0.3, -0.25) is 0 Å². The normalized spacial score (nSPS) is 18.3. The van der Waals surface area contributed by atoms with Crippen molar-refractivity contribution in [3.05, 3.63) is 24.3 Å². The largest absolute Gasteiger partial charge is 0.461 e. The monoisotopic (exact) mass is 219 g/mol. The van der Waals surface area contributed by atoms with Crippen LogP contribution >= 0.6 is 0 Å². The Bertz CT molecular complexity index is 471. The number of rotatable bonds is 3. The molecule has 84 valence electrons. The molecule has 0 atom stereocenters. The van der Waals surface area contributed by atoms with Crippen LogP contribution in [0.4, 0.5) is 0 Å². The van der Waals surface area contributed by atoms with Crippen LogP contribution in [-0.2, 0) is 6.42 Å². The summed E-state index contributed by atoms with van der Waals surface area (Å²) in [5, 5.41) is 3.87. The minimum Gasteiger partial charge on any atom is -0.461 e. The third kappa shape index (κ3) is 1.63. The lowest BCUT2D eigenvalue weighted by Crippen LogP contribution is -2.48. The predicted molar refractivity (Wildman–Crippen MR) is 56.5 cm³/mol. The first kappa shape index (κ1) is 9.59. The maximum absolute atomic E-state index is 6.11. The van der Waals surface area contributed by atoms with Crippen molar-refractivity contribution in [2.45, 2.75) is 31.2 Å². The van der Waals surface area contributed by atoms with Gasteiger partial charge in [-0.25, -0.2) is 0 Å². The minimum absolute atomic E-state index is 0.132. The highest BCUT2D eigenvalue weighted by molar-refractivity contribution is 5.44. The fourth-order valence-corrected chi connectivity index (χ4v) is 1.94. The molecule has 0 spiro atoms. The molecule has 0 aliphatic heterocycles. The standard InChI is InChI=1S/C11H13N3O2/c12-11(4-2-5-11)7-9-13-10(14-16-9)8-3-1-6-15-8/h1,3,6H,2,4-5,7,12H2. The zero-order valence-electron chi connectivity index (χ0n) is 8.85. The van der Waals surface area contributed by atoms with E-state index in [4.69, 9.17) is 14.7 Å². The predicted octanol–water partition coefficient (Wildman–Crippen LogP) is 1.75. The van der Waals surface area contributed by atoms with Crippen LogP contribution in [0.2, 0.25) is 0 Å². The molecule has 1 aliphatic rings. The molecule has 2 N–H and O–H groups in total. The molecule has 0 aromatic carbocycles. The van der Waals surface area contributed by atoms with E-state index >= 15 is 0 Å². The van der Waals surface area contributed by atoms with E-state index in [2.05, 4.69) is 10.1 Å². The van der Waals surface area contributed by atoms with Gasteiger partial charge in [0.15, 0.2) is 5.76 Å². The van der Waals surface area contributed by atoms with E-state index < -0.39 is 0 Å². The number of aromatic nitrogens is 2. The first-order valence-corrected chi connectivity index (χ1v) is 5.41. The van der Waals surface area contributed by atoms with Gasteiger partial charge in [0, 0.05) is 12.0 Å². The van der Waals surface area contributed by atoms with E-state index in [9.17, 15) is 0 Å². The lowest BCUT2D eigenvalue weighted by atomic mass is 9.75. The van der Waals surface area contributed by atoms with Crippen LogP contribution < -0.4 is 5.73 Å². The van der Waals surface area contributed by atoms with Crippen molar-refractivity contribution in [1.82, 2.24) is 10.1 Å². The first-order chi connectivity index (χ1) is 7.75. The van der Waals surface area contributed by atoms with Crippen molar-refractivity contribution < 1.29 is 8.94 Å². The highest BCUT2D eigenvalue weighted by atomic mass is 16.5. The van der Waals surface area contributed by atoms with Gasteiger partial charge < -0.3 is 14.7 Å². The molecule has 0 amide bonds. The van der Waals surface area contributed by atoms with Crippen molar-refractivity contribution in [3.63, 3.8) is 0 Å². The van der Waals surface area contributed by atoms with Gasteiger partial charge in [0.1, 0.15) is 0 Å². The molecule has 1 saturated carbocycles. The van der Waals surface area contributed by atoms with E-state index in [0.29, 0.717) is 23.9 Å². The maximum atomic E-state index is 6.11. The molecule has 3 rings (SSSR count). The van der Waals surface area contributed by atoms with Crippen molar-refractivity contribution in [2.75, 3.05) is 0 Å². The average molecular weight is 219 g/mol. The Hall–Kier alpha value is -1.62. The molecule has 5 heteroatoms. The van der Waals surface area contributed by atoms with Gasteiger partial charge >= 0.3 is 0 Å². The topological polar surface area (TPSA) is 78.1 Å². The summed E-state index contributed by atoms with van der Waals surface area (Å²) >= 11 is 0. The zero-order chi connectivity index (χ0) is 11.0. The Balaban J connectivity index is 1.78. The lowest BCUT2D eigenvalue weighted by molar-refractivity contribution is 0.222.